The highest BCUT2D eigenvalue weighted by Crippen LogP contribution is 2.17. The van der Waals surface area contributed by atoms with Gasteiger partial charge in [0.2, 0.25) is 22.8 Å². The second-order valence-corrected chi connectivity index (χ2v) is 6.11. The van der Waals surface area contributed by atoms with Gasteiger partial charge in [-0.2, -0.15) is 4.98 Å². The second-order valence-electron chi connectivity index (χ2n) is 5.05. The molecule has 8 nitrogen and oxygen atoms in total. The van der Waals surface area contributed by atoms with Crippen molar-refractivity contribution in [3.63, 3.8) is 0 Å². The minimum atomic E-state index is -0.155. The topological polar surface area (TPSA) is 107 Å². The number of rotatable bonds is 7. The van der Waals surface area contributed by atoms with E-state index >= 15 is 0 Å². The highest BCUT2D eigenvalue weighted by atomic mass is 32.1. The minimum absolute atomic E-state index is 0.155. The molecule has 0 unspecified atom stereocenters. The second kappa shape index (κ2) is 7.73. The number of anilines is 1. The number of hydrogen-bond donors (Lipinski definition) is 1. The van der Waals surface area contributed by atoms with Gasteiger partial charge >= 0.3 is 0 Å². The monoisotopic (exact) mass is 344 g/mol. The van der Waals surface area contributed by atoms with Crippen molar-refractivity contribution in [1.29, 1.82) is 0 Å². The highest BCUT2D eigenvalue weighted by molar-refractivity contribution is 7.15. The number of nitrogens with one attached hydrogen (secondary N) is 1. The number of nitrogens with zero attached hydrogens (tertiary/aromatic N) is 5. The van der Waals surface area contributed by atoms with Crippen LogP contribution in [0.2, 0.25) is 0 Å². The van der Waals surface area contributed by atoms with Gasteiger partial charge < -0.3 is 9.84 Å². The van der Waals surface area contributed by atoms with Crippen LogP contribution in [-0.2, 0) is 17.6 Å². The molecule has 0 fully saturated rings. The Labute approximate surface area is 142 Å². The third-order valence-corrected chi connectivity index (χ3v) is 4.05. The van der Waals surface area contributed by atoms with Crippen LogP contribution in [0.4, 0.5) is 5.13 Å². The molecule has 0 aliphatic carbocycles. The molecule has 24 heavy (non-hydrogen) atoms. The maximum absolute atomic E-state index is 12.0. The van der Waals surface area contributed by atoms with Gasteiger partial charge in [0.05, 0.1) is 0 Å². The van der Waals surface area contributed by atoms with Gasteiger partial charge in [0.15, 0.2) is 0 Å². The SMILES string of the molecule is CCCc1nnc(NC(=O)CCc2nc(-c3ccncc3)no2)s1. The first kappa shape index (κ1) is 16.2. The summed E-state index contributed by atoms with van der Waals surface area (Å²) in [5.41, 5.74) is 0.821. The first-order valence-electron chi connectivity index (χ1n) is 7.60. The van der Waals surface area contributed by atoms with Crippen molar-refractivity contribution in [1.82, 2.24) is 25.3 Å². The van der Waals surface area contributed by atoms with E-state index in [1.165, 1.54) is 11.3 Å². The van der Waals surface area contributed by atoms with Gasteiger partial charge in [0.1, 0.15) is 5.01 Å². The number of carbonyl (C=O) groups excluding carboxylic acids is 1. The van der Waals surface area contributed by atoms with Crippen LogP contribution in [0, 0.1) is 0 Å². The molecule has 0 aromatic carbocycles. The molecule has 0 aliphatic rings. The van der Waals surface area contributed by atoms with E-state index in [0.29, 0.717) is 23.3 Å². The highest BCUT2D eigenvalue weighted by Gasteiger charge is 2.12. The van der Waals surface area contributed by atoms with Gasteiger partial charge in [-0.15, -0.1) is 10.2 Å². The largest absolute Gasteiger partial charge is 0.339 e. The van der Waals surface area contributed by atoms with E-state index in [1.54, 1.807) is 24.5 Å². The summed E-state index contributed by atoms with van der Waals surface area (Å²) in [6.07, 6.45) is 5.79. The summed E-state index contributed by atoms with van der Waals surface area (Å²) in [4.78, 5) is 20.2. The fourth-order valence-electron chi connectivity index (χ4n) is 2.00. The molecule has 3 heterocycles. The van der Waals surface area contributed by atoms with Gasteiger partial charge in [0, 0.05) is 37.2 Å². The van der Waals surface area contributed by atoms with Gasteiger partial charge in [-0.25, -0.2) is 0 Å². The summed E-state index contributed by atoms with van der Waals surface area (Å²) in [5, 5.41) is 16.1. The molecule has 0 saturated carbocycles. The van der Waals surface area contributed by atoms with Crippen molar-refractivity contribution < 1.29 is 9.32 Å². The molecule has 0 spiro atoms. The Balaban J connectivity index is 1.52. The Morgan fingerprint density at radius 3 is 2.88 bits per heavy atom. The Hall–Kier alpha value is -2.68. The van der Waals surface area contributed by atoms with E-state index in [-0.39, 0.29) is 12.3 Å². The lowest BCUT2D eigenvalue weighted by molar-refractivity contribution is -0.116. The summed E-state index contributed by atoms with van der Waals surface area (Å²) < 4.78 is 5.17. The van der Waals surface area contributed by atoms with Crippen LogP contribution in [-0.4, -0.2) is 31.2 Å². The van der Waals surface area contributed by atoms with Crippen LogP contribution in [0.1, 0.15) is 30.7 Å². The zero-order chi connectivity index (χ0) is 16.8. The molecule has 0 radical (unpaired) electrons. The summed E-state index contributed by atoms with van der Waals surface area (Å²) in [5.74, 6) is 0.750. The zero-order valence-electron chi connectivity index (χ0n) is 13.1. The summed E-state index contributed by atoms with van der Waals surface area (Å²) in [6, 6.07) is 3.59. The summed E-state index contributed by atoms with van der Waals surface area (Å²) in [6.45, 7) is 2.07. The van der Waals surface area contributed by atoms with Gasteiger partial charge in [-0.05, 0) is 18.6 Å². The molecule has 124 valence electrons. The van der Waals surface area contributed by atoms with Crippen LogP contribution < -0.4 is 5.32 Å². The third-order valence-electron chi connectivity index (χ3n) is 3.15. The maximum atomic E-state index is 12.0. The van der Waals surface area contributed by atoms with Crippen LogP contribution in [0.15, 0.2) is 29.0 Å². The molecule has 0 bridgehead atoms. The summed E-state index contributed by atoms with van der Waals surface area (Å²) >= 11 is 1.40. The van der Waals surface area contributed by atoms with Crippen molar-refractivity contribution in [2.24, 2.45) is 0 Å². The number of aryl methyl sites for hydroxylation is 2. The molecule has 3 aromatic heterocycles. The number of carbonyl (C=O) groups is 1. The van der Waals surface area contributed by atoms with Crippen molar-refractivity contribution in [2.45, 2.75) is 32.6 Å². The lowest BCUT2D eigenvalue weighted by Crippen LogP contribution is -2.12. The van der Waals surface area contributed by atoms with Crippen LogP contribution in [0.5, 0.6) is 0 Å². The molecule has 1 amide bonds. The average Bonchev–Trinajstić information content (AvgIpc) is 3.24. The fraction of sp³-hybridized carbons (Fsp3) is 0.333. The first-order valence-corrected chi connectivity index (χ1v) is 8.41. The molecule has 3 rings (SSSR count). The van der Waals surface area contributed by atoms with Gasteiger partial charge in [-0.1, -0.05) is 23.4 Å². The Morgan fingerprint density at radius 1 is 1.25 bits per heavy atom. The standard InChI is InChI=1S/C15H16N6O2S/c1-2-3-13-19-20-15(24-13)17-11(22)4-5-12-18-14(21-23-12)10-6-8-16-9-7-10/h6-9H,2-5H2,1H3,(H,17,20,22). The predicted molar refractivity (Wildman–Crippen MR) is 88.4 cm³/mol. The lowest BCUT2D eigenvalue weighted by Gasteiger charge is -1.98. The Kier molecular flexibility index (Phi) is 5.22. The van der Waals surface area contributed by atoms with E-state index < -0.39 is 0 Å². The van der Waals surface area contributed by atoms with E-state index in [9.17, 15) is 4.79 Å². The van der Waals surface area contributed by atoms with Crippen LogP contribution in [0.3, 0.4) is 0 Å². The summed E-state index contributed by atoms with van der Waals surface area (Å²) in [7, 11) is 0. The van der Waals surface area contributed by atoms with Gasteiger partial charge in [0.25, 0.3) is 0 Å². The molecule has 9 heteroatoms. The molecule has 0 atom stereocenters. The number of pyridine rings is 1. The van der Waals surface area contributed by atoms with Crippen molar-refractivity contribution in [2.75, 3.05) is 5.32 Å². The predicted octanol–water partition coefficient (Wildman–Crippen LogP) is 2.51. The van der Waals surface area contributed by atoms with Crippen molar-refractivity contribution >= 4 is 22.4 Å². The average molecular weight is 344 g/mol. The van der Waals surface area contributed by atoms with E-state index in [0.717, 1.165) is 23.4 Å². The molecule has 0 saturated heterocycles. The first-order chi connectivity index (χ1) is 11.7. The Bertz CT molecular complexity index is 801. The normalized spacial score (nSPS) is 10.7. The lowest BCUT2D eigenvalue weighted by atomic mass is 10.2. The van der Waals surface area contributed by atoms with E-state index in [1.807, 2.05) is 0 Å². The van der Waals surface area contributed by atoms with E-state index in [2.05, 4.69) is 37.6 Å². The van der Waals surface area contributed by atoms with Crippen molar-refractivity contribution in [3.05, 3.63) is 35.4 Å². The number of aromatic nitrogens is 5. The van der Waals surface area contributed by atoms with Crippen molar-refractivity contribution in [3.8, 4) is 11.4 Å². The Morgan fingerprint density at radius 2 is 2.08 bits per heavy atom. The van der Waals surface area contributed by atoms with E-state index in [4.69, 9.17) is 4.52 Å². The molecule has 0 aliphatic heterocycles. The molecular weight excluding hydrogens is 328 g/mol. The number of amides is 1. The molecule has 1 N–H and O–H groups in total. The van der Waals surface area contributed by atoms with Crippen LogP contribution >= 0.6 is 11.3 Å². The maximum Gasteiger partial charge on any atom is 0.227 e. The third kappa shape index (κ3) is 4.19. The smallest absolute Gasteiger partial charge is 0.227 e. The molecule has 3 aromatic rings. The fourth-order valence-corrected chi connectivity index (χ4v) is 2.85. The number of hydrogen-bond acceptors (Lipinski definition) is 8. The zero-order valence-corrected chi connectivity index (χ0v) is 13.9. The van der Waals surface area contributed by atoms with Crippen LogP contribution in [0.25, 0.3) is 11.4 Å². The minimum Gasteiger partial charge on any atom is -0.339 e. The quantitative estimate of drug-likeness (QED) is 0.701. The molecular formula is C15H16N6O2S. The van der Waals surface area contributed by atoms with Gasteiger partial charge in [-0.3, -0.25) is 9.78 Å².